The number of carbonyl (C=O) groups excluding carboxylic acids is 1. The van der Waals surface area contributed by atoms with Gasteiger partial charge in [-0.25, -0.2) is 8.42 Å². The van der Waals surface area contributed by atoms with Crippen molar-refractivity contribution in [3.8, 4) is 0 Å². The van der Waals surface area contributed by atoms with Gasteiger partial charge in [-0.05, 0) is 42.7 Å². The first-order valence-corrected chi connectivity index (χ1v) is 12.1. The van der Waals surface area contributed by atoms with Crippen LogP contribution in [0.1, 0.15) is 37.7 Å². The average molecular weight is 429 g/mol. The predicted octanol–water partition coefficient (Wildman–Crippen LogP) is 2.57. The highest BCUT2D eigenvalue weighted by Crippen LogP contribution is 2.26. The molecule has 0 radical (unpaired) electrons. The number of nitrogens with one attached hydrogen (secondary N) is 1. The summed E-state index contributed by atoms with van der Waals surface area (Å²) in [7, 11) is -1.37. The van der Waals surface area contributed by atoms with Crippen molar-refractivity contribution in [3.63, 3.8) is 0 Å². The van der Waals surface area contributed by atoms with E-state index in [1.54, 1.807) is 23.3 Å². The lowest BCUT2D eigenvalue weighted by atomic mass is 9.94. The molecule has 2 aliphatic heterocycles. The summed E-state index contributed by atoms with van der Waals surface area (Å²) in [5, 5.41) is 2.88. The number of hydrogen-bond acceptors (Lipinski definition) is 5. The summed E-state index contributed by atoms with van der Waals surface area (Å²) in [4.78, 5) is 16.8. The Labute approximate surface area is 178 Å². The quantitative estimate of drug-likeness (QED) is 0.780. The molecule has 0 atom stereocenters. The number of rotatable bonds is 5. The zero-order valence-corrected chi connectivity index (χ0v) is 18.1. The van der Waals surface area contributed by atoms with Gasteiger partial charge in [0, 0.05) is 38.1 Å². The van der Waals surface area contributed by atoms with Crippen LogP contribution in [0.2, 0.25) is 0 Å². The first-order chi connectivity index (χ1) is 14.4. The molecule has 3 aliphatic rings. The molecule has 4 rings (SSSR count). The van der Waals surface area contributed by atoms with E-state index in [0.29, 0.717) is 19.1 Å². The van der Waals surface area contributed by atoms with Gasteiger partial charge >= 0.3 is 0 Å². The molecule has 1 N–H and O–H groups in total. The number of allylic oxidation sites excluding steroid dienone is 2. The molecule has 160 valence electrons. The monoisotopic (exact) mass is 428 g/mol. The molecule has 0 aromatic heterocycles. The molecule has 7 nitrogen and oxygen atoms in total. The van der Waals surface area contributed by atoms with E-state index < -0.39 is 10.0 Å². The molecular formula is C22H28N4O3S. The molecule has 30 heavy (non-hydrogen) atoms. The molecular weight excluding hydrogens is 400 g/mol. The van der Waals surface area contributed by atoms with E-state index >= 15 is 0 Å². The van der Waals surface area contributed by atoms with Crippen LogP contribution < -0.4 is 10.2 Å². The van der Waals surface area contributed by atoms with Crippen molar-refractivity contribution in [2.24, 2.45) is 4.40 Å². The van der Waals surface area contributed by atoms with Crippen molar-refractivity contribution in [2.75, 3.05) is 24.2 Å². The number of hydrogen-bond donors (Lipinski definition) is 1. The van der Waals surface area contributed by atoms with Crippen LogP contribution in [0.3, 0.4) is 0 Å². The average Bonchev–Trinajstić information content (AvgIpc) is 2.77. The van der Waals surface area contributed by atoms with Gasteiger partial charge in [0.25, 0.3) is 15.9 Å². The molecule has 1 amide bonds. The largest absolute Gasteiger partial charge is 0.372 e. The van der Waals surface area contributed by atoms with Crippen LogP contribution in [0.5, 0.6) is 0 Å². The molecule has 1 aromatic rings. The smallest absolute Gasteiger partial charge is 0.256 e. The van der Waals surface area contributed by atoms with E-state index in [0.717, 1.165) is 5.56 Å². The summed E-state index contributed by atoms with van der Waals surface area (Å²) in [5.74, 6) is -0.175. The molecule has 2 heterocycles. The Bertz CT molecular complexity index is 990. The van der Waals surface area contributed by atoms with Crippen molar-refractivity contribution in [2.45, 2.75) is 44.7 Å². The summed E-state index contributed by atoms with van der Waals surface area (Å²) in [6.45, 7) is 0.672. The highest BCUT2D eigenvalue weighted by Gasteiger charge is 2.29. The SMILES string of the molecule is CN(c1ccc(CNC(=O)C2=CC=CN3CCS(=O)(=O)N=C23)cc1)C1CCCCC1. The number of amidine groups is 1. The number of nitrogens with zero attached hydrogens (tertiary/aromatic N) is 3. The maximum Gasteiger partial charge on any atom is 0.256 e. The van der Waals surface area contributed by atoms with E-state index in [-0.39, 0.29) is 23.1 Å². The first kappa shape index (κ1) is 20.7. The van der Waals surface area contributed by atoms with Gasteiger partial charge in [0.15, 0.2) is 5.84 Å². The van der Waals surface area contributed by atoms with Crippen molar-refractivity contribution < 1.29 is 13.2 Å². The highest BCUT2D eigenvalue weighted by molar-refractivity contribution is 7.90. The fourth-order valence-electron chi connectivity index (χ4n) is 4.20. The molecule has 0 spiro atoms. The lowest BCUT2D eigenvalue weighted by Crippen LogP contribution is -2.42. The van der Waals surface area contributed by atoms with Gasteiger partial charge in [-0.1, -0.05) is 31.4 Å². The Hall–Kier alpha value is -2.61. The van der Waals surface area contributed by atoms with Crippen LogP contribution in [-0.2, 0) is 21.4 Å². The molecule has 0 saturated heterocycles. The van der Waals surface area contributed by atoms with Gasteiger partial charge in [-0.15, -0.1) is 4.40 Å². The predicted molar refractivity (Wildman–Crippen MR) is 119 cm³/mol. The number of anilines is 1. The van der Waals surface area contributed by atoms with Gasteiger partial charge in [-0.3, -0.25) is 4.79 Å². The Morgan fingerprint density at radius 2 is 1.93 bits per heavy atom. The van der Waals surface area contributed by atoms with Gasteiger partial charge in [0.05, 0.1) is 11.3 Å². The maximum absolute atomic E-state index is 12.7. The number of amides is 1. The van der Waals surface area contributed by atoms with E-state index in [9.17, 15) is 13.2 Å². The number of fused-ring (bicyclic) bond motifs is 1. The van der Waals surface area contributed by atoms with Crippen LogP contribution in [0.25, 0.3) is 0 Å². The molecule has 8 heteroatoms. The fourth-order valence-corrected chi connectivity index (χ4v) is 5.18. The topological polar surface area (TPSA) is 82.1 Å². The van der Waals surface area contributed by atoms with Crippen LogP contribution >= 0.6 is 0 Å². The van der Waals surface area contributed by atoms with Crippen molar-refractivity contribution in [1.29, 1.82) is 0 Å². The van der Waals surface area contributed by atoms with Gasteiger partial charge in [0.1, 0.15) is 0 Å². The molecule has 1 aromatic carbocycles. The molecule has 0 bridgehead atoms. The lowest BCUT2D eigenvalue weighted by molar-refractivity contribution is -0.117. The first-order valence-electron chi connectivity index (χ1n) is 10.5. The van der Waals surface area contributed by atoms with E-state index in [1.807, 2.05) is 12.1 Å². The molecule has 0 unspecified atom stereocenters. The Morgan fingerprint density at radius 1 is 1.20 bits per heavy atom. The summed E-state index contributed by atoms with van der Waals surface area (Å²) in [6, 6.07) is 8.85. The summed E-state index contributed by atoms with van der Waals surface area (Å²) < 4.78 is 27.5. The van der Waals surface area contributed by atoms with Crippen molar-refractivity contribution in [3.05, 3.63) is 53.8 Å². The number of benzene rings is 1. The second kappa shape index (κ2) is 8.63. The maximum atomic E-state index is 12.7. The summed E-state index contributed by atoms with van der Waals surface area (Å²) in [5.41, 5.74) is 2.45. The lowest BCUT2D eigenvalue weighted by Gasteiger charge is -2.33. The number of carbonyl (C=O) groups is 1. The second-order valence-electron chi connectivity index (χ2n) is 8.07. The van der Waals surface area contributed by atoms with Crippen LogP contribution in [0.15, 0.2) is 52.6 Å². The third kappa shape index (κ3) is 4.59. The van der Waals surface area contributed by atoms with Crippen LogP contribution in [0.4, 0.5) is 5.69 Å². The Balaban J connectivity index is 1.38. The van der Waals surface area contributed by atoms with Crippen molar-refractivity contribution in [1.82, 2.24) is 10.2 Å². The van der Waals surface area contributed by atoms with Gasteiger partial charge in [-0.2, -0.15) is 0 Å². The summed E-state index contributed by atoms with van der Waals surface area (Å²) >= 11 is 0. The second-order valence-corrected chi connectivity index (χ2v) is 9.82. The zero-order valence-electron chi connectivity index (χ0n) is 17.3. The molecule has 1 aliphatic carbocycles. The van der Waals surface area contributed by atoms with Crippen molar-refractivity contribution >= 4 is 27.5 Å². The third-order valence-electron chi connectivity index (χ3n) is 6.02. The fraction of sp³-hybridized carbons (Fsp3) is 0.455. The van der Waals surface area contributed by atoms with Gasteiger partial charge in [0.2, 0.25) is 0 Å². The highest BCUT2D eigenvalue weighted by atomic mass is 32.2. The Morgan fingerprint density at radius 3 is 2.67 bits per heavy atom. The standard InChI is InChI=1S/C22H28N4O3S/c1-25(18-6-3-2-4-7-18)19-11-9-17(10-12-19)16-23-22(27)20-8-5-13-26-14-15-30(28,29)24-21(20)26/h5,8-13,18H,2-4,6-7,14-16H2,1H3,(H,23,27). The normalized spacial score (nSPS) is 20.8. The third-order valence-corrected chi connectivity index (χ3v) is 7.17. The minimum Gasteiger partial charge on any atom is -0.372 e. The van der Waals surface area contributed by atoms with Crippen LogP contribution in [0, 0.1) is 0 Å². The Kier molecular flexibility index (Phi) is 5.94. The summed E-state index contributed by atoms with van der Waals surface area (Å²) in [6.07, 6.45) is 11.5. The van der Waals surface area contributed by atoms with Crippen LogP contribution in [-0.4, -0.2) is 50.4 Å². The minimum absolute atomic E-state index is 0.0443. The number of sulfonamides is 1. The minimum atomic E-state index is -3.52. The molecule has 1 fully saturated rings. The zero-order chi connectivity index (χ0) is 21.1. The van der Waals surface area contributed by atoms with E-state index in [4.69, 9.17) is 0 Å². The molecule has 1 saturated carbocycles. The van der Waals surface area contributed by atoms with E-state index in [2.05, 4.69) is 33.8 Å². The van der Waals surface area contributed by atoms with Gasteiger partial charge < -0.3 is 15.1 Å². The van der Waals surface area contributed by atoms with E-state index in [1.165, 1.54) is 37.8 Å².